The van der Waals surface area contributed by atoms with Crippen molar-refractivity contribution >= 4 is 27.4 Å². The van der Waals surface area contributed by atoms with Crippen molar-refractivity contribution in [1.29, 1.82) is 0 Å². The van der Waals surface area contributed by atoms with Crippen LogP contribution in [0.25, 0.3) is 0 Å². The minimum atomic E-state index is 0. The van der Waals surface area contributed by atoms with Crippen LogP contribution < -0.4 is 0 Å². The molecule has 0 N–H and O–H groups in total. The van der Waals surface area contributed by atoms with Gasteiger partial charge in [0.05, 0.1) is 0 Å². The van der Waals surface area contributed by atoms with Gasteiger partial charge in [-0.05, 0) is 0 Å². The Kier molecular flexibility index (Phi) is 3.49. The van der Waals surface area contributed by atoms with Crippen LogP contribution in [0.15, 0.2) is 4.99 Å². The van der Waals surface area contributed by atoms with Crippen molar-refractivity contribution in [3.63, 3.8) is 0 Å². The molecule has 0 amide bonds. The van der Waals surface area contributed by atoms with Gasteiger partial charge in [-0.1, -0.05) is 0 Å². The van der Waals surface area contributed by atoms with Crippen LogP contribution in [0.4, 0.5) is 0 Å². The second-order valence-electron chi connectivity index (χ2n) is 0.821. The summed E-state index contributed by atoms with van der Waals surface area (Å²) in [5.74, 6) is 1.14. The summed E-state index contributed by atoms with van der Waals surface area (Å²) in [6, 6.07) is 0. The Hall–Kier alpha value is 0.189. The molecule has 1 aliphatic rings. The van der Waals surface area contributed by atoms with Gasteiger partial charge in [0.2, 0.25) is 0 Å². The molecule has 3 heteroatoms. The Morgan fingerprint density at radius 2 is 2.50 bits per heavy atom. The number of nitrogens with zero attached hydrogens (tertiary/aromatic N) is 1. The summed E-state index contributed by atoms with van der Waals surface area (Å²) >= 11 is 1.66. The summed E-state index contributed by atoms with van der Waals surface area (Å²) in [6.07, 6.45) is 0. The third-order valence-electron chi connectivity index (χ3n) is 0.434. The molecule has 0 saturated heterocycles. The average molecular weight is 97.2 g/mol. The molecule has 1 rings (SSSR count). The van der Waals surface area contributed by atoms with Crippen LogP contribution in [0.3, 0.4) is 0 Å². The van der Waals surface area contributed by atoms with Crippen LogP contribution in [-0.4, -0.2) is 28.0 Å². The van der Waals surface area contributed by atoms with E-state index < -0.39 is 0 Å². The molecule has 1 aliphatic heterocycles. The summed E-state index contributed by atoms with van der Waals surface area (Å²) in [7, 11) is 0. The molecule has 1 heterocycles. The van der Waals surface area contributed by atoms with Crippen molar-refractivity contribution < 1.29 is 0 Å². The van der Waals surface area contributed by atoms with E-state index in [9.17, 15) is 0 Å². The molecular formula is C3H6BeNS. The molecule has 0 fully saturated rings. The minimum Gasteiger partial charge on any atom is -0.275 e. The van der Waals surface area contributed by atoms with Crippen LogP contribution in [-0.2, 0) is 0 Å². The van der Waals surface area contributed by atoms with E-state index >= 15 is 0 Å². The largest absolute Gasteiger partial charge is 0.275 e. The van der Waals surface area contributed by atoms with E-state index in [2.05, 4.69) is 10.5 Å². The van der Waals surface area contributed by atoms with Gasteiger partial charge in [-0.15, -0.1) is 11.8 Å². The molecular weight excluding hydrogens is 91.1 g/mol. The molecule has 31 valence electrons. The zero-order chi connectivity index (χ0) is 3.54. The fourth-order valence-corrected chi connectivity index (χ4v) is 0.685. The van der Waals surface area contributed by atoms with Crippen molar-refractivity contribution in [1.82, 2.24) is 0 Å². The quantitative estimate of drug-likeness (QED) is 0.379. The van der Waals surface area contributed by atoms with Gasteiger partial charge >= 0.3 is 10.1 Å². The van der Waals surface area contributed by atoms with Gasteiger partial charge in [0.1, 0.15) is 5.55 Å². The fourth-order valence-electron chi connectivity index (χ4n) is 0.228. The second kappa shape index (κ2) is 3.38. The van der Waals surface area contributed by atoms with Crippen LogP contribution >= 0.6 is 11.8 Å². The topological polar surface area (TPSA) is 12.4 Å². The Morgan fingerprint density at radius 3 is 2.67 bits per heavy atom. The monoisotopic (exact) mass is 97.0 g/mol. The smallest absolute Gasteiger partial charge is 0.122 e. The maximum atomic E-state index is 3.80. The van der Waals surface area contributed by atoms with E-state index in [1.165, 1.54) is 0 Å². The average Bonchev–Trinajstić information content (AvgIpc) is 1.76. The summed E-state index contributed by atoms with van der Waals surface area (Å²) in [5.41, 5.74) is 2.76. The number of hydrogen-bond donors (Lipinski definition) is 0. The van der Waals surface area contributed by atoms with Crippen LogP contribution in [0.5, 0.6) is 0 Å². The maximum Gasteiger partial charge on any atom is 0.122 e. The fraction of sp³-hybridized carbons (Fsp3) is 0.667. The molecule has 0 bridgehead atoms. The van der Waals surface area contributed by atoms with Crippen molar-refractivity contribution in [3.05, 3.63) is 0 Å². The summed E-state index contributed by atoms with van der Waals surface area (Å²) < 4.78 is 0. The van der Waals surface area contributed by atoms with Crippen molar-refractivity contribution in [3.8, 4) is 0 Å². The molecule has 0 aromatic heterocycles. The van der Waals surface area contributed by atoms with Gasteiger partial charge in [-0.25, -0.2) is 0 Å². The minimum absolute atomic E-state index is 0. The zero-order valence-electron chi connectivity index (χ0n) is 2.77. The zero-order valence-corrected chi connectivity index (χ0v) is 3.59. The first-order valence-electron chi connectivity index (χ1n) is 1.53. The van der Waals surface area contributed by atoms with Gasteiger partial charge in [0, 0.05) is 12.3 Å². The van der Waals surface area contributed by atoms with E-state index in [4.69, 9.17) is 0 Å². The first-order valence-corrected chi connectivity index (χ1v) is 2.52. The predicted molar refractivity (Wildman–Crippen MR) is 33.3 cm³/mol. The van der Waals surface area contributed by atoms with E-state index in [1.54, 1.807) is 11.8 Å². The van der Waals surface area contributed by atoms with Gasteiger partial charge < -0.3 is 0 Å². The molecule has 0 unspecified atom stereocenters. The Bertz CT molecular complexity index is 48.8. The first-order chi connectivity index (χ1) is 2.50. The summed E-state index contributed by atoms with van der Waals surface area (Å²) in [6.45, 7) is 0.977. The predicted octanol–water partition coefficient (Wildman–Crippen LogP) is -0.278. The van der Waals surface area contributed by atoms with Gasteiger partial charge in [-0.2, -0.15) is 0 Å². The molecule has 0 aliphatic carbocycles. The Balaban J connectivity index is 0.000000250. The SMILES string of the molecule is [BeH2].[C]1=NCCS1. The van der Waals surface area contributed by atoms with Gasteiger partial charge in [0.25, 0.3) is 0 Å². The standard InChI is InChI=1S/C3H4NS.Be.2H/c1-2-5-3-4-1;;;/h1-2H2;;;. The maximum absolute atomic E-state index is 3.80. The molecule has 1 radical (unpaired) electrons. The molecule has 0 saturated carbocycles. The molecule has 0 aromatic carbocycles. The van der Waals surface area contributed by atoms with Crippen molar-refractivity contribution in [2.75, 3.05) is 12.3 Å². The van der Waals surface area contributed by atoms with E-state index in [-0.39, 0.29) is 10.1 Å². The molecule has 6 heavy (non-hydrogen) atoms. The van der Waals surface area contributed by atoms with Crippen LogP contribution in [0.1, 0.15) is 0 Å². The second-order valence-corrected chi connectivity index (χ2v) is 1.70. The Morgan fingerprint density at radius 1 is 1.67 bits per heavy atom. The molecule has 1 nitrogen and oxygen atoms in total. The third kappa shape index (κ3) is 1.58. The summed E-state index contributed by atoms with van der Waals surface area (Å²) in [5, 5.41) is 0. The van der Waals surface area contributed by atoms with Crippen LogP contribution in [0.2, 0.25) is 0 Å². The number of rotatable bonds is 0. The summed E-state index contributed by atoms with van der Waals surface area (Å²) in [4.78, 5) is 3.80. The van der Waals surface area contributed by atoms with Crippen molar-refractivity contribution in [2.24, 2.45) is 4.99 Å². The van der Waals surface area contributed by atoms with E-state index in [1.807, 2.05) is 0 Å². The number of aliphatic imine (C=N–C) groups is 1. The van der Waals surface area contributed by atoms with Gasteiger partial charge in [0.15, 0.2) is 0 Å². The third-order valence-corrected chi connectivity index (χ3v) is 1.08. The Labute approximate surface area is 45.4 Å². The van der Waals surface area contributed by atoms with Gasteiger partial charge in [-0.3, -0.25) is 4.99 Å². The first kappa shape index (κ1) is 6.19. The van der Waals surface area contributed by atoms with Crippen molar-refractivity contribution in [2.45, 2.75) is 0 Å². The number of hydrogen-bond acceptors (Lipinski definition) is 2. The number of thioether (sulfide) groups is 1. The van der Waals surface area contributed by atoms with E-state index in [0.717, 1.165) is 12.3 Å². The molecule has 0 aromatic rings. The molecule has 0 spiro atoms. The van der Waals surface area contributed by atoms with E-state index in [0.29, 0.717) is 0 Å². The molecule has 0 atom stereocenters. The normalized spacial score (nSPS) is 17.3. The van der Waals surface area contributed by atoms with Crippen LogP contribution in [0, 0.1) is 0 Å².